The molecule has 1 spiro atoms. The lowest BCUT2D eigenvalue weighted by Gasteiger charge is -2.44. The van der Waals surface area contributed by atoms with Gasteiger partial charge in [0.1, 0.15) is 0 Å². The molecule has 2 fully saturated rings. The normalized spacial score (nSPS) is 21.1. The van der Waals surface area contributed by atoms with Crippen molar-refractivity contribution >= 4 is 5.91 Å². The molecule has 0 aromatic heterocycles. The molecule has 22 heavy (non-hydrogen) atoms. The predicted octanol–water partition coefficient (Wildman–Crippen LogP) is 2.84. The first-order chi connectivity index (χ1) is 10.6. The monoisotopic (exact) mass is 300 g/mol. The number of amides is 1. The Morgan fingerprint density at radius 1 is 1.14 bits per heavy atom. The van der Waals surface area contributed by atoms with Gasteiger partial charge in [-0.1, -0.05) is 23.8 Å². The molecule has 3 rings (SSSR count). The van der Waals surface area contributed by atoms with E-state index in [9.17, 15) is 4.79 Å². The van der Waals surface area contributed by atoms with Crippen LogP contribution in [0.25, 0.3) is 0 Å². The Labute approximate surface area is 134 Å². The van der Waals surface area contributed by atoms with Crippen molar-refractivity contribution in [1.29, 1.82) is 0 Å². The summed E-state index contributed by atoms with van der Waals surface area (Å²) in [6.45, 7) is 8.39. The van der Waals surface area contributed by atoms with Crippen molar-refractivity contribution in [3.05, 3.63) is 34.9 Å². The third kappa shape index (κ3) is 3.35. The van der Waals surface area contributed by atoms with Crippen LogP contribution in [-0.2, 0) is 11.2 Å². The topological polar surface area (TPSA) is 32.3 Å². The van der Waals surface area contributed by atoms with Gasteiger partial charge < -0.3 is 10.2 Å². The van der Waals surface area contributed by atoms with Gasteiger partial charge in [0, 0.05) is 13.1 Å². The van der Waals surface area contributed by atoms with Gasteiger partial charge >= 0.3 is 0 Å². The maximum Gasteiger partial charge on any atom is 0.227 e. The van der Waals surface area contributed by atoms with Gasteiger partial charge in [0.15, 0.2) is 0 Å². The number of nitrogens with one attached hydrogen (secondary N) is 1. The van der Waals surface area contributed by atoms with Crippen LogP contribution in [0.15, 0.2) is 18.2 Å². The highest BCUT2D eigenvalue weighted by Crippen LogP contribution is 2.39. The predicted molar refractivity (Wildman–Crippen MR) is 90.0 cm³/mol. The number of carbonyl (C=O) groups excluding carboxylic acids is 1. The van der Waals surface area contributed by atoms with Gasteiger partial charge in [0.05, 0.1) is 6.42 Å². The lowest BCUT2D eigenvalue weighted by Crippen LogP contribution is -2.47. The molecule has 1 amide bonds. The largest absolute Gasteiger partial charge is 0.342 e. The lowest BCUT2D eigenvalue weighted by atomic mass is 9.71. The summed E-state index contributed by atoms with van der Waals surface area (Å²) >= 11 is 0. The van der Waals surface area contributed by atoms with Crippen LogP contribution in [0.1, 0.15) is 42.4 Å². The van der Waals surface area contributed by atoms with E-state index in [1.807, 2.05) is 0 Å². The number of nitrogens with zero attached hydrogens (tertiary/aromatic N) is 1. The van der Waals surface area contributed by atoms with E-state index >= 15 is 0 Å². The van der Waals surface area contributed by atoms with Gasteiger partial charge in [0.25, 0.3) is 0 Å². The molecular weight excluding hydrogens is 272 g/mol. The average molecular weight is 300 g/mol. The van der Waals surface area contributed by atoms with Gasteiger partial charge in [-0.15, -0.1) is 0 Å². The fourth-order valence-electron chi connectivity index (χ4n) is 3.95. The number of likely N-dealkylation sites (tertiary alicyclic amines) is 1. The molecule has 0 radical (unpaired) electrons. The Morgan fingerprint density at radius 3 is 2.50 bits per heavy atom. The van der Waals surface area contributed by atoms with Crippen molar-refractivity contribution < 1.29 is 4.79 Å². The molecule has 0 bridgehead atoms. The van der Waals surface area contributed by atoms with Crippen LogP contribution in [-0.4, -0.2) is 37.0 Å². The van der Waals surface area contributed by atoms with Crippen molar-refractivity contribution in [2.75, 3.05) is 26.2 Å². The van der Waals surface area contributed by atoms with Gasteiger partial charge in [0.2, 0.25) is 5.91 Å². The van der Waals surface area contributed by atoms with Crippen molar-refractivity contribution in [1.82, 2.24) is 10.2 Å². The second-order valence-corrected chi connectivity index (χ2v) is 7.24. The Kier molecular flexibility index (Phi) is 4.53. The maximum atomic E-state index is 12.6. The zero-order valence-corrected chi connectivity index (χ0v) is 14.0. The molecule has 0 unspecified atom stereocenters. The number of hydrogen-bond acceptors (Lipinski definition) is 2. The van der Waals surface area contributed by atoms with E-state index in [2.05, 4.69) is 42.3 Å². The fraction of sp³-hybridized carbons (Fsp3) is 0.632. The zero-order chi connectivity index (χ0) is 15.6. The minimum absolute atomic E-state index is 0.303. The van der Waals surface area contributed by atoms with Crippen LogP contribution in [0.5, 0.6) is 0 Å². The third-order valence-electron chi connectivity index (χ3n) is 5.69. The highest BCUT2D eigenvalue weighted by atomic mass is 16.2. The number of hydrogen-bond donors (Lipinski definition) is 1. The Bertz CT molecular complexity index is 536. The zero-order valence-electron chi connectivity index (χ0n) is 14.0. The van der Waals surface area contributed by atoms with Gasteiger partial charge in [-0.25, -0.2) is 0 Å². The van der Waals surface area contributed by atoms with Crippen molar-refractivity contribution in [3.8, 4) is 0 Å². The van der Waals surface area contributed by atoms with E-state index in [4.69, 9.17) is 0 Å². The van der Waals surface area contributed by atoms with Crippen molar-refractivity contribution in [3.63, 3.8) is 0 Å². The standard InChI is InChI=1S/C19H28N2O/c1-15-3-4-16(2)17(13-15)14-18(22)21-11-7-19(8-12-21)5-9-20-10-6-19/h3-4,13,20H,5-12,14H2,1-2H3. The molecule has 2 aliphatic rings. The first kappa shape index (κ1) is 15.5. The molecule has 0 aliphatic carbocycles. The van der Waals surface area contributed by atoms with E-state index in [1.165, 1.54) is 42.4 Å². The summed E-state index contributed by atoms with van der Waals surface area (Å²) in [5.41, 5.74) is 4.17. The van der Waals surface area contributed by atoms with Crippen LogP contribution >= 0.6 is 0 Å². The molecule has 1 N–H and O–H groups in total. The second kappa shape index (κ2) is 6.41. The maximum absolute atomic E-state index is 12.6. The fourth-order valence-corrected chi connectivity index (χ4v) is 3.95. The number of benzene rings is 1. The number of piperidine rings is 2. The molecule has 3 heteroatoms. The summed E-state index contributed by atoms with van der Waals surface area (Å²) in [6, 6.07) is 6.40. The van der Waals surface area contributed by atoms with Gasteiger partial charge in [-0.2, -0.15) is 0 Å². The molecule has 1 aromatic carbocycles. The van der Waals surface area contributed by atoms with Crippen LogP contribution in [0, 0.1) is 19.3 Å². The Hall–Kier alpha value is -1.35. The Balaban J connectivity index is 1.59. The SMILES string of the molecule is Cc1ccc(C)c(CC(=O)N2CCC3(CCNCC3)CC2)c1. The second-order valence-electron chi connectivity index (χ2n) is 7.24. The molecule has 120 valence electrons. The average Bonchev–Trinajstić information content (AvgIpc) is 2.52. The molecule has 2 aliphatic heterocycles. The smallest absolute Gasteiger partial charge is 0.227 e. The third-order valence-corrected chi connectivity index (χ3v) is 5.69. The number of rotatable bonds is 2. The summed E-state index contributed by atoms with van der Waals surface area (Å²) in [4.78, 5) is 14.7. The van der Waals surface area contributed by atoms with Gasteiger partial charge in [-0.3, -0.25) is 4.79 Å². The van der Waals surface area contributed by atoms with Crippen LogP contribution in [0.3, 0.4) is 0 Å². The quantitative estimate of drug-likeness (QED) is 0.911. The van der Waals surface area contributed by atoms with Crippen LogP contribution in [0.4, 0.5) is 0 Å². The van der Waals surface area contributed by atoms with E-state index in [1.54, 1.807) is 0 Å². The molecule has 2 saturated heterocycles. The molecule has 2 heterocycles. The molecule has 0 saturated carbocycles. The first-order valence-electron chi connectivity index (χ1n) is 8.63. The number of aryl methyl sites for hydroxylation is 2. The lowest BCUT2D eigenvalue weighted by molar-refractivity contribution is -0.133. The van der Waals surface area contributed by atoms with E-state index in [0.717, 1.165) is 26.2 Å². The highest BCUT2D eigenvalue weighted by Gasteiger charge is 2.36. The highest BCUT2D eigenvalue weighted by molar-refractivity contribution is 5.79. The minimum atomic E-state index is 0.303. The summed E-state index contributed by atoms with van der Waals surface area (Å²) in [5.74, 6) is 0.303. The summed E-state index contributed by atoms with van der Waals surface area (Å²) in [6.07, 6.45) is 5.50. The van der Waals surface area contributed by atoms with Crippen LogP contribution in [0.2, 0.25) is 0 Å². The van der Waals surface area contributed by atoms with E-state index in [0.29, 0.717) is 17.7 Å². The summed E-state index contributed by atoms with van der Waals surface area (Å²) < 4.78 is 0. The first-order valence-corrected chi connectivity index (χ1v) is 8.63. The molecular formula is C19H28N2O. The minimum Gasteiger partial charge on any atom is -0.342 e. The molecule has 3 nitrogen and oxygen atoms in total. The molecule has 1 aromatic rings. The van der Waals surface area contributed by atoms with Crippen LogP contribution < -0.4 is 5.32 Å². The number of carbonyl (C=O) groups is 1. The van der Waals surface area contributed by atoms with Crippen molar-refractivity contribution in [2.45, 2.75) is 46.0 Å². The van der Waals surface area contributed by atoms with Gasteiger partial charge in [-0.05, 0) is 69.2 Å². The Morgan fingerprint density at radius 2 is 1.82 bits per heavy atom. The molecule has 0 atom stereocenters. The van der Waals surface area contributed by atoms with Crippen molar-refractivity contribution in [2.24, 2.45) is 5.41 Å². The van der Waals surface area contributed by atoms with E-state index in [-0.39, 0.29) is 0 Å². The van der Waals surface area contributed by atoms with E-state index < -0.39 is 0 Å². The summed E-state index contributed by atoms with van der Waals surface area (Å²) in [5, 5.41) is 3.45. The summed E-state index contributed by atoms with van der Waals surface area (Å²) in [7, 11) is 0.